The molecule has 0 atom stereocenters. The maximum Gasteiger partial charge on any atom is 0.253 e. The second-order valence-corrected chi connectivity index (χ2v) is 9.48. The summed E-state index contributed by atoms with van der Waals surface area (Å²) in [5.74, 6) is 1.45. The Morgan fingerprint density at radius 1 is 1.09 bits per heavy atom. The second kappa shape index (κ2) is 9.53. The quantitative estimate of drug-likeness (QED) is 0.360. The van der Waals surface area contributed by atoms with E-state index in [1.165, 1.54) is 0 Å². The zero-order valence-corrected chi connectivity index (χ0v) is 20.3. The third-order valence-electron chi connectivity index (χ3n) is 6.07. The van der Waals surface area contributed by atoms with E-state index in [4.69, 9.17) is 16.6 Å². The molecule has 168 valence electrons. The maximum absolute atomic E-state index is 12.7. The summed E-state index contributed by atoms with van der Waals surface area (Å²) < 4.78 is 2.63. The molecule has 0 aliphatic carbocycles. The number of piperidine rings is 1. The summed E-state index contributed by atoms with van der Waals surface area (Å²) in [6.07, 6.45) is 3.66. The number of carbonyl (C=O) groups excluding carboxylic acids is 1. The summed E-state index contributed by atoms with van der Waals surface area (Å²) in [5, 5.41) is 8.69. The smallest absolute Gasteiger partial charge is 0.253 e. The second-order valence-electron chi connectivity index (χ2n) is 8.22. The van der Waals surface area contributed by atoms with Gasteiger partial charge >= 0.3 is 0 Å². The van der Waals surface area contributed by atoms with Gasteiger partial charge in [0, 0.05) is 41.9 Å². The number of aromatic nitrogens is 3. The predicted molar refractivity (Wildman–Crippen MR) is 135 cm³/mol. The minimum atomic E-state index is 0.114. The molecule has 0 unspecified atom stereocenters. The van der Waals surface area contributed by atoms with E-state index in [1.54, 1.807) is 10.7 Å². The first kappa shape index (κ1) is 21.9. The molecule has 0 saturated carbocycles. The van der Waals surface area contributed by atoms with E-state index in [0.29, 0.717) is 10.9 Å². The Morgan fingerprint density at radius 3 is 2.58 bits per heavy atom. The van der Waals surface area contributed by atoms with Crippen molar-refractivity contribution in [2.24, 2.45) is 5.92 Å². The highest BCUT2D eigenvalue weighted by atomic mass is 79.9. The van der Waals surface area contributed by atoms with Crippen LogP contribution in [0.1, 0.15) is 23.2 Å². The van der Waals surface area contributed by atoms with Crippen LogP contribution in [0.5, 0.6) is 0 Å². The van der Waals surface area contributed by atoms with Gasteiger partial charge in [0.05, 0.1) is 16.4 Å². The number of carbonyl (C=O) groups is 1. The van der Waals surface area contributed by atoms with Gasteiger partial charge in [0.1, 0.15) is 5.82 Å². The zero-order chi connectivity index (χ0) is 22.8. The topological polar surface area (TPSA) is 62.5 Å². The molecule has 1 fully saturated rings. The molecule has 4 aromatic rings. The summed E-state index contributed by atoms with van der Waals surface area (Å²) in [4.78, 5) is 19.4. The first-order valence-corrected chi connectivity index (χ1v) is 12.1. The van der Waals surface area contributed by atoms with Crippen molar-refractivity contribution in [2.75, 3.05) is 25.0 Å². The van der Waals surface area contributed by atoms with Crippen LogP contribution in [0, 0.1) is 5.92 Å². The zero-order valence-electron chi connectivity index (χ0n) is 17.9. The highest BCUT2D eigenvalue weighted by Gasteiger charge is 2.24. The Kier molecular flexibility index (Phi) is 6.33. The van der Waals surface area contributed by atoms with Crippen LogP contribution in [-0.2, 0) is 0 Å². The van der Waals surface area contributed by atoms with Gasteiger partial charge in [-0.1, -0.05) is 48.0 Å². The molecule has 2 aromatic heterocycles. The van der Waals surface area contributed by atoms with Gasteiger partial charge in [-0.25, -0.2) is 4.98 Å². The van der Waals surface area contributed by atoms with Crippen LogP contribution >= 0.6 is 27.5 Å². The van der Waals surface area contributed by atoms with Crippen molar-refractivity contribution in [1.29, 1.82) is 0 Å². The lowest BCUT2D eigenvalue weighted by molar-refractivity contribution is 0.0695. The van der Waals surface area contributed by atoms with E-state index in [0.717, 1.165) is 65.2 Å². The molecular formula is C25H23BrClN5O. The van der Waals surface area contributed by atoms with Crippen LogP contribution in [0.2, 0.25) is 5.02 Å². The molecule has 5 rings (SSSR count). The van der Waals surface area contributed by atoms with E-state index in [1.807, 2.05) is 65.6 Å². The third kappa shape index (κ3) is 4.61. The first-order valence-electron chi connectivity index (χ1n) is 11.0. The van der Waals surface area contributed by atoms with Gasteiger partial charge in [-0.15, -0.1) is 0 Å². The van der Waals surface area contributed by atoms with Crippen molar-refractivity contribution in [3.05, 3.63) is 81.9 Å². The number of halogens is 2. The monoisotopic (exact) mass is 523 g/mol. The molecule has 8 heteroatoms. The van der Waals surface area contributed by atoms with Crippen molar-refractivity contribution in [3.63, 3.8) is 0 Å². The van der Waals surface area contributed by atoms with E-state index < -0.39 is 0 Å². The van der Waals surface area contributed by atoms with E-state index in [-0.39, 0.29) is 5.91 Å². The predicted octanol–water partition coefficient (Wildman–Crippen LogP) is 5.78. The lowest BCUT2D eigenvalue weighted by Gasteiger charge is -2.32. The number of rotatable bonds is 5. The third-order valence-corrected chi connectivity index (χ3v) is 6.96. The van der Waals surface area contributed by atoms with Gasteiger partial charge in [0.2, 0.25) is 0 Å². The maximum atomic E-state index is 12.7. The van der Waals surface area contributed by atoms with Gasteiger partial charge < -0.3 is 10.2 Å². The number of anilines is 1. The highest BCUT2D eigenvalue weighted by molar-refractivity contribution is 9.10. The fourth-order valence-corrected chi connectivity index (χ4v) is 4.80. The normalized spacial score (nSPS) is 14.5. The Bertz CT molecular complexity index is 1280. The summed E-state index contributed by atoms with van der Waals surface area (Å²) in [5.41, 5.74) is 3.16. The summed E-state index contributed by atoms with van der Waals surface area (Å²) >= 11 is 9.98. The molecule has 1 N–H and O–H groups in total. The first-order chi connectivity index (χ1) is 16.1. The average Bonchev–Trinajstić information content (AvgIpc) is 3.24. The van der Waals surface area contributed by atoms with E-state index in [2.05, 4.69) is 26.3 Å². The summed E-state index contributed by atoms with van der Waals surface area (Å²) in [6, 6.07) is 19.2. The Labute approximate surface area is 205 Å². The molecule has 0 spiro atoms. The molecule has 1 aliphatic heterocycles. The lowest BCUT2D eigenvalue weighted by atomic mass is 9.96. The molecule has 3 heterocycles. The molecule has 0 bridgehead atoms. The van der Waals surface area contributed by atoms with E-state index in [9.17, 15) is 4.79 Å². The number of fused-ring (bicyclic) bond motifs is 1. The number of hydrogen-bond donors (Lipinski definition) is 1. The fourth-order valence-electron chi connectivity index (χ4n) is 4.22. The van der Waals surface area contributed by atoms with Crippen LogP contribution in [0.15, 0.2) is 71.3 Å². The minimum Gasteiger partial charge on any atom is -0.370 e. The minimum absolute atomic E-state index is 0.114. The van der Waals surface area contributed by atoms with Gasteiger partial charge in [-0.3, -0.25) is 4.79 Å². The number of likely N-dealkylation sites (tertiary alicyclic amines) is 1. The lowest BCUT2D eigenvalue weighted by Crippen LogP contribution is -2.40. The highest BCUT2D eigenvalue weighted by Crippen LogP contribution is 2.30. The van der Waals surface area contributed by atoms with Crippen LogP contribution in [0.4, 0.5) is 5.82 Å². The van der Waals surface area contributed by atoms with Crippen molar-refractivity contribution >= 4 is 44.9 Å². The molecule has 33 heavy (non-hydrogen) atoms. The molecule has 1 amide bonds. The molecular weight excluding hydrogens is 502 g/mol. The van der Waals surface area contributed by atoms with Crippen LogP contribution in [0.3, 0.4) is 0 Å². The van der Waals surface area contributed by atoms with Gasteiger partial charge in [0.15, 0.2) is 5.65 Å². The van der Waals surface area contributed by atoms with Gasteiger partial charge in [0.25, 0.3) is 5.91 Å². The number of hydrogen-bond acceptors (Lipinski definition) is 4. The van der Waals surface area contributed by atoms with Crippen LogP contribution in [0.25, 0.3) is 16.9 Å². The molecule has 1 aliphatic rings. The fraction of sp³-hybridized carbons (Fsp3) is 0.240. The standard InChI is InChI=1S/C25H23BrClN5O/c26-20-16-29-32-23(14-22(30-24(20)32)19-8-4-5-9-21(19)27)28-15-17-10-12-31(13-11-17)25(33)18-6-2-1-3-7-18/h1-9,14,16-17,28H,10-13,15H2. The van der Waals surface area contributed by atoms with Crippen molar-refractivity contribution in [3.8, 4) is 11.3 Å². The largest absolute Gasteiger partial charge is 0.370 e. The molecule has 1 saturated heterocycles. The van der Waals surface area contributed by atoms with Gasteiger partial charge in [-0.05, 0) is 52.9 Å². The molecule has 6 nitrogen and oxygen atoms in total. The average molecular weight is 525 g/mol. The Balaban J connectivity index is 1.29. The SMILES string of the molecule is O=C(c1ccccc1)N1CCC(CNc2cc(-c3ccccc3Cl)nc3c(Br)cnn23)CC1. The summed E-state index contributed by atoms with van der Waals surface area (Å²) in [6.45, 7) is 2.33. The number of benzene rings is 2. The van der Waals surface area contributed by atoms with Crippen LogP contribution < -0.4 is 5.32 Å². The van der Waals surface area contributed by atoms with E-state index >= 15 is 0 Å². The van der Waals surface area contributed by atoms with Gasteiger partial charge in [-0.2, -0.15) is 9.61 Å². The van der Waals surface area contributed by atoms with Crippen molar-refractivity contribution in [1.82, 2.24) is 19.5 Å². The van der Waals surface area contributed by atoms with Crippen molar-refractivity contribution in [2.45, 2.75) is 12.8 Å². The Hall–Kier alpha value is -2.90. The van der Waals surface area contributed by atoms with Crippen LogP contribution in [-0.4, -0.2) is 45.0 Å². The number of amides is 1. The van der Waals surface area contributed by atoms with Crippen molar-refractivity contribution < 1.29 is 4.79 Å². The Morgan fingerprint density at radius 2 is 1.82 bits per heavy atom. The number of nitrogens with one attached hydrogen (secondary N) is 1. The molecule has 0 radical (unpaired) electrons. The summed E-state index contributed by atoms with van der Waals surface area (Å²) in [7, 11) is 0. The molecule has 2 aromatic carbocycles. The number of nitrogens with zero attached hydrogens (tertiary/aromatic N) is 4.